The molecule has 5 nitrogen and oxygen atoms in total. The van der Waals surface area contributed by atoms with Crippen molar-refractivity contribution in [1.29, 1.82) is 0 Å². The summed E-state index contributed by atoms with van der Waals surface area (Å²) in [7, 11) is 1.69. The summed E-state index contributed by atoms with van der Waals surface area (Å²) in [5.74, 6) is 1.46. The summed E-state index contributed by atoms with van der Waals surface area (Å²) >= 11 is 0. The van der Waals surface area contributed by atoms with Crippen LogP contribution in [-0.2, 0) is 4.79 Å². The lowest BCUT2D eigenvalue weighted by Crippen LogP contribution is -2.41. The van der Waals surface area contributed by atoms with E-state index in [0.29, 0.717) is 12.3 Å². The Kier molecular flexibility index (Phi) is 5.96. The highest BCUT2D eigenvalue weighted by atomic mass is 16.5. The van der Waals surface area contributed by atoms with Gasteiger partial charge in [0.25, 0.3) is 0 Å². The fraction of sp³-hybridized carbons (Fsp3) is 0.524. The predicted molar refractivity (Wildman–Crippen MR) is 106 cm³/mol. The molecule has 1 aromatic heterocycles. The molecule has 2 heterocycles. The van der Waals surface area contributed by atoms with Crippen molar-refractivity contribution >= 4 is 22.5 Å². The lowest BCUT2D eigenvalue weighted by atomic mass is 9.96. The maximum absolute atomic E-state index is 11.8. The average molecular weight is 355 g/mol. The molecular weight excluding hydrogens is 326 g/mol. The summed E-state index contributed by atoms with van der Waals surface area (Å²) in [6.45, 7) is 6.92. The maximum Gasteiger partial charge on any atom is 0.219 e. The van der Waals surface area contributed by atoms with Crippen molar-refractivity contribution in [3.8, 4) is 5.75 Å². The summed E-state index contributed by atoms with van der Waals surface area (Å²) in [6, 6.07) is 6.11. The van der Waals surface area contributed by atoms with Crippen LogP contribution in [0.5, 0.6) is 5.75 Å². The van der Waals surface area contributed by atoms with Gasteiger partial charge >= 0.3 is 0 Å². The Morgan fingerprint density at radius 3 is 3.04 bits per heavy atom. The monoisotopic (exact) mass is 355 g/mol. The molecule has 0 saturated carbocycles. The van der Waals surface area contributed by atoms with Crippen LogP contribution < -0.4 is 15.0 Å². The van der Waals surface area contributed by atoms with Crippen molar-refractivity contribution in [3.63, 3.8) is 0 Å². The Balaban J connectivity index is 1.82. The van der Waals surface area contributed by atoms with Crippen molar-refractivity contribution in [2.45, 2.75) is 39.5 Å². The average Bonchev–Trinajstić information content (AvgIpc) is 2.66. The largest absolute Gasteiger partial charge is 0.494 e. The predicted octanol–water partition coefficient (Wildman–Crippen LogP) is 3.68. The number of para-hydroxylation sites is 1. The van der Waals surface area contributed by atoms with Crippen molar-refractivity contribution in [1.82, 2.24) is 10.3 Å². The molecule has 1 aromatic carbocycles. The van der Waals surface area contributed by atoms with Crippen molar-refractivity contribution in [2.24, 2.45) is 5.92 Å². The quantitative estimate of drug-likeness (QED) is 0.859. The Bertz CT molecular complexity index is 775. The number of amides is 1. The van der Waals surface area contributed by atoms with Gasteiger partial charge in [-0.25, -0.2) is 0 Å². The van der Waals surface area contributed by atoms with Crippen LogP contribution >= 0.6 is 0 Å². The minimum absolute atomic E-state index is 0.167. The van der Waals surface area contributed by atoms with Crippen LogP contribution in [0, 0.1) is 12.8 Å². The topological polar surface area (TPSA) is 54.5 Å². The van der Waals surface area contributed by atoms with Crippen LogP contribution in [0.15, 0.2) is 24.4 Å². The zero-order valence-electron chi connectivity index (χ0n) is 16.0. The second-order valence-electron chi connectivity index (χ2n) is 7.15. The van der Waals surface area contributed by atoms with E-state index < -0.39 is 0 Å². The number of nitrogens with one attached hydrogen (secondary N) is 1. The number of nitrogens with zero attached hydrogens (tertiary/aromatic N) is 2. The Hall–Kier alpha value is -2.30. The highest BCUT2D eigenvalue weighted by Crippen LogP contribution is 2.35. The molecule has 1 unspecified atom stereocenters. The molecule has 1 saturated heterocycles. The van der Waals surface area contributed by atoms with E-state index in [0.717, 1.165) is 55.5 Å². The lowest BCUT2D eigenvalue weighted by molar-refractivity contribution is -0.121. The van der Waals surface area contributed by atoms with E-state index in [9.17, 15) is 4.79 Å². The van der Waals surface area contributed by atoms with Gasteiger partial charge in [-0.05, 0) is 43.7 Å². The number of carbonyl (C=O) groups excluding carboxylic acids is 1. The second kappa shape index (κ2) is 8.39. The van der Waals surface area contributed by atoms with Crippen LogP contribution in [-0.4, -0.2) is 37.6 Å². The molecular formula is C21H29N3O2. The molecule has 1 aliphatic heterocycles. The van der Waals surface area contributed by atoms with Gasteiger partial charge in [0.2, 0.25) is 5.91 Å². The summed E-state index contributed by atoms with van der Waals surface area (Å²) in [5, 5.41) is 4.24. The van der Waals surface area contributed by atoms with Crippen molar-refractivity contribution in [3.05, 3.63) is 30.0 Å². The van der Waals surface area contributed by atoms with E-state index in [1.54, 1.807) is 7.11 Å². The Labute approximate surface area is 155 Å². The third kappa shape index (κ3) is 3.92. The highest BCUT2D eigenvalue weighted by molar-refractivity contribution is 5.96. The molecule has 1 aliphatic rings. The number of aryl methyl sites for hydroxylation is 1. The van der Waals surface area contributed by atoms with Gasteiger partial charge in [-0.1, -0.05) is 19.1 Å². The fourth-order valence-corrected chi connectivity index (χ4v) is 3.87. The number of piperidine rings is 1. The molecule has 0 aliphatic carbocycles. The fourth-order valence-electron chi connectivity index (χ4n) is 3.87. The zero-order chi connectivity index (χ0) is 18.5. The van der Waals surface area contributed by atoms with Gasteiger partial charge in [0.05, 0.1) is 12.8 Å². The standard InChI is InChI=1S/C21H29N3O2/c1-4-7-19(25)22-13-16-8-6-11-24(14-16)21-15(2)12-23-20-17(21)9-5-10-18(20)26-3/h5,9-10,12,16H,4,6-8,11,13-14H2,1-3H3,(H,22,25). The molecule has 0 radical (unpaired) electrons. The molecule has 26 heavy (non-hydrogen) atoms. The van der Waals surface area contributed by atoms with Gasteiger partial charge in [-0.2, -0.15) is 0 Å². The van der Waals surface area contributed by atoms with Gasteiger partial charge in [-0.3, -0.25) is 9.78 Å². The van der Waals surface area contributed by atoms with E-state index in [4.69, 9.17) is 4.74 Å². The van der Waals surface area contributed by atoms with E-state index in [-0.39, 0.29) is 5.91 Å². The summed E-state index contributed by atoms with van der Waals surface area (Å²) in [6.07, 6.45) is 5.75. The first-order chi connectivity index (χ1) is 12.6. The third-order valence-corrected chi connectivity index (χ3v) is 5.14. The molecule has 1 atom stereocenters. The van der Waals surface area contributed by atoms with E-state index in [1.165, 1.54) is 11.3 Å². The summed E-state index contributed by atoms with van der Waals surface area (Å²) < 4.78 is 5.49. The SMILES string of the molecule is CCCC(=O)NCC1CCCN(c2c(C)cnc3c(OC)cccc23)C1. The van der Waals surface area contributed by atoms with Crippen LogP contribution in [0.4, 0.5) is 5.69 Å². The number of aromatic nitrogens is 1. The first-order valence-corrected chi connectivity index (χ1v) is 9.58. The van der Waals surface area contributed by atoms with Gasteiger partial charge in [0.15, 0.2) is 0 Å². The number of hydrogen-bond acceptors (Lipinski definition) is 4. The highest BCUT2D eigenvalue weighted by Gasteiger charge is 2.23. The Morgan fingerprint density at radius 1 is 1.42 bits per heavy atom. The van der Waals surface area contributed by atoms with Crippen LogP contribution in [0.1, 0.15) is 38.2 Å². The summed E-state index contributed by atoms with van der Waals surface area (Å²) in [5.41, 5.74) is 3.34. The lowest BCUT2D eigenvalue weighted by Gasteiger charge is -2.36. The molecule has 0 spiro atoms. The van der Waals surface area contributed by atoms with Gasteiger partial charge in [0, 0.05) is 37.6 Å². The molecule has 1 amide bonds. The van der Waals surface area contributed by atoms with Crippen LogP contribution in [0.3, 0.4) is 0 Å². The number of fused-ring (bicyclic) bond motifs is 1. The second-order valence-corrected chi connectivity index (χ2v) is 7.15. The van der Waals surface area contributed by atoms with Crippen molar-refractivity contribution < 1.29 is 9.53 Å². The number of carbonyl (C=O) groups is 1. The number of hydrogen-bond donors (Lipinski definition) is 1. The first kappa shape index (κ1) is 18.5. The number of rotatable bonds is 6. The molecule has 3 rings (SSSR count). The van der Waals surface area contributed by atoms with Gasteiger partial charge < -0.3 is 15.0 Å². The van der Waals surface area contributed by atoms with E-state index in [1.807, 2.05) is 25.3 Å². The third-order valence-electron chi connectivity index (χ3n) is 5.14. The summed E-state index contributed by atoms with van der Waals surface area (Å²) in [4.78, 5) is 18.8. The minimum atomic E-state index is 0.167. The number of anilines is 1. The number of benzene rings is 1. The number of ether oxygens (including phenoxy) is 1. The van der Waals surface area contributed by atoms with E-state index >= 15 is 0 Å². The van der Waals surface area contributed by atoms with Crippen molar-refractivity contribution in [2.75, 3.05) is 31.6 Å². The molecule has 0 bridgehead atoms. The molecule has 1 fully saturated rings. The number of pyridine rings is 1. The van der Waals surface area contributed by atoms with Crippen LogP contribution in [0.25, 0.3) is 10.9 Å². The normalized spacial score (nSPS) is 17.3. The van der Waals surface area contributed by atoms with Crippen LogP contribution in [0.2, 0.25) is 0 Å². The Morgan fingerprint density at radius 2 is 2.27 bits per heavy atom. The first-order valence-electron chi connectivity index (χ1n) is 9.58. The van der Waals surface area contributed by atoms with Gasteiger partial charge in [-0.15, -0.1) is 0 Å². The molecule has 140 valence electrons. The van der Waals surface area contributed by atoms with Gasteiger partial charge in [0.1, 0.15) is 11.3 Å². The molecule has 5 heteroatoms. The minimum Gasteiger partial charge on any atom is -0.494 e. The van der Waals surface area contributed by atoms with E-state index in [2.05, 4.69) is 28.2 Å². The smallest absolute Gasteiger partial charge is 0.219 e. The zero-order valence-corrected chi connectivity index (χ0v) is 16.0. The number of methoxy groups -OCH3 is 1. The maximum atomic E-state index is 11.8. The molecule has 1 N–H and O–H groups in total. The molecule has 2 aromatic rings.